The van der Waals surface area contributed by atoms with Gasteiger partial charge in [0.2, 0.25) is 0 Å². The molecule has 4 rings (SSSR count). The van der Waals surface area contributed by atoms with Crippen LogP contribution in [-0.2, 0) is 15.8 Å². The minimum absolute atomic E-state index is 0.0346. The smallest absolute Gasteiger partial charge is 0.151 e. The lowest BCUT2D eigenvalue weighted by molar-refractivity contribution is -0.118. The zero-order chi connectivity index (χ0) is 27.7. The summed E-state index contributed by atoms with van der Waals surface area (Å²) in [5.41, 5.74) is 1.96. The minimum Gasteiger partial charge on any atom is -0.386 e. The molecule has 1 aliphatic carbocycles. The molecule has 1 fully saturated rings. The van der Waals surface area contributed by atoms with Crippen molar-refractivity contribution in [2.45, 2.75) is 112 Å². The number of benzene rings is 2. The molecule has 0 radical (unpaired) electrons. The van der Waals surface area contributed by atoms with E-state index < -0.39 is 5.60 Å². The van der Waals surface area contributed by atoms with Crippen LogP contribution in [0.1, 0.15) is 111 Å². The highest BCUT2D eigenvalue weighted by Crippen LogP contribution is 2.37. The van der Waals surface area contributed by atoms with Crippen LogP contribution in [0.5, 0.6) is 0 Å². The van der Waals surface area contributed by atoms with Crippen LogP contribution >= 0.6 is 0 Å². The third kappa shape index (κ3) is 7.99. The molecule has 5 heteroatoms. The highest BCUT2D eigenvalue weighted by atomic mass is 19.1. The van der Waals surface area contributed by atoms with Gasteiger partial charge in [-0.1, -0.05) is 71.9 Å². The fourth-order valence-corrected chi connectivity index (χ4v) is 4.34. The molecule has 36 heavy (non-hydrogen) atoms. The van der Waals surface area contributed by atoms with Crippen molar-refractivity contribution < 1.29 is 14.3 Å². The maximum Gasteiger partial charge on any atom is 0.151 e. The van der Waals surface area contributed by atoms with Crippen molar-refractivity contribution in [2.75, 3.05) is 0 Å². The van der Waals surface area contributed by atoms with Crippen LogP contribution in [0.2, 0.25) is 0 Å². The van der Waals surface area contributed by atoms with E-state index in [2.05, 4.69) is 35.5 Å². The topological polar surface area (TPSA) is 55.1 Å². The molecular weight excluding hydrogens is 451 g/mol. The lowest BCUT2D eigenvalue weighted by Gasteiger charge is -2.29. The molecule has 3 aromatic rings. The van der Waals surface area contributed by atoms with Crippen molar-refractivity contribution in [1.82, 2.24) is 9.55 Å². The summed E-state index contributed by atoms with van der Waals surface area (Å²) < 4.78 is 16.3. The van der Waals surface area contributed by atoms with Crippen LogP contribution in [0.4, 0.5) is 4.39 Å². The molecular formula is C31H47FN2O2. The van der Waals surface area contributed by atoms with Gasteiger partial charge < -0.3 is 9.67 Å². The number of rotatable bonds is 5. The molecule has 0 aliphatic heterocycles. The monoisotopic (exact) mass is 498 g/mol. The SMILES string of the molecule is CC.CC.CC(=O)CC(C)(C)c1ccccc1.Cc1nc2c(F)cc(C(C)(C)O)cc2n1C1CCC1. The van der Waals surface area contributed by atoms with Gasteiger partial charge in [0, 0.05) is 12.5 Å². The highest BCUT2D eigenvalue weighted by molar-refractivity contribution is 5.78. The van der Waals surface area contributed by atoms with Gasteiger partial charge in [0.25, 0.3) is 0 Å². The van der Waals surface area contributed by atoms with Crippen molar-refractivity contribution in [2.24, 2.45) is 0 Å². The molecule has 1 aromatic heterocycles. The van der Waals surface area contributed by atoms with Crippen LogP contribution in [0.25, 0.3) is 11.0 Å². The number of imidazole rings is 1. The second-order valence-electron chi connectivity index (χ2n) is 10.1. The Morgan fingerprint density at radius 2 is 1.58 bits per heavy atom. The first-order valence-corrected chi connectivity index (χ1v) is 13.4. The number of ketones is 1. The molecule has 0 amide bonds. The molecule has 200 valence electrons. The molecule has 4 nitrogen and oxygen atoms in total. The number of fused-ring (bicyclic) bond motifs is 1. The van der Waals surface area contributed by atoms with Crippen molar-refractivity contribution >= 4 is 16.8 Å². The molecule has 1 saturated carbocycles. The Balaban J connectivity index is 0.000000335. The first kappa shape index (κ1) is 31.5. The highest BCUT2D eigenvalue weighted by Gasteiger charge is 2.26. The number of hydrogen-bond acceptors (Lipinski definition) is 3. The molecule has 0 atom stereocenters. The van der Waals surface area contributed by atoms with Crippen LogP contribution < -0.4 is 0 Å². The largest absolute Gasteiger partial charge is 0.386 e. The third-order valence-corrected chi connectivity index (χ3v) is 6.32. The standard InChI is InChI=1S/C15H19FN2O.C12H16O.2C2H6/c1-9-17-14-12(16)7-10(15(2,3)19)8-13(14)18(9)11-5-4-6-11;1-10(13)9-12(2,3)11-7-5-4-6-8-11;2*1-2/h7-8,11,19H,4-6H2,1-3H3;4-8H,9H2,1-3H3;2*1-2H3. The van der Waals surface area contributed by atoms with Gasteiger partial charge in [-0.05, 0) is 75.6 Å². The Morgan fingerprint density at radius 1 is 1.03 bits per heavy atom. The molecule has 1 heterocycles. The maximum absolute atomic E-state index is 14.2. The summed E-state index contributed by atoms with van der Waals surface area (Å²) in [6, 6.07) is 13.9. The fraction of sp³-hybridized carbons (Fsp3) is 0.548. The molecule has 0 saturated heterocycles. The van der Waals surface area contributed by atoms with Gasteiger partial charge in [-0.25, -0.2) is 9.37 Å². The van der Waals surface area contributed by atoms with Crippen LogP contribution in [0.3, 0.4) is 0 Å². The number of carbonyl (C=O) groups is 1. The number of aromatic nitrogens is 2. The zero-order valence-electron chi connectivity index (χ0n) is 24.1. The van der Waals surface area contributed by atoms with E-state index in [9.17, 15) is 14.3 Å². The Labute approximate surface area is 218 Å². The van der Waals surface area contributed by atoms with Gasteiger partial charge in [-0.15, -0.1) is 0 Å². The minimum atomic E-state index is -1.04. The fourth-order valence-electron chi connectivity index (χ4n) is 4.34. The average Bonchev–Trinajstić information content (AvgIpc) is 3.12. The predicted molar refractivity (Wildman–Crippen MR) is 150 cm³/mol. The summed E-state index contributed by atoms with van der Waals surface area (Å²) >= 11 is 0. The van der Waals surface area contributed by atoms with E-state index in [0.29, 0.717) is 23.5 Å². The van der Waals surface area contributed by atoms with E-state index >= 15 is 0 Å². The summed E-state index contributed by atoms with van der Waals surface area (Å²) in [5.74, 6) is 0.746. The number of aryl methyl sites for hydroxylation is 1. The molecule has 0 unspecified atom stereocenters. The van der Waals surface area contributed by atoms with Gasteiger partial charge >= 0.3 is 0 Å². The second kappa shape index (κ2) is 13.7. The van der Waals surface area contributed by atoms with Crippen molar-refractivity contribution in [1.29, 1.82) is 0 Å². The summed E-state index contributed by atoms with van der Waals surface area (Å²) in [4.78, 5) is 15.4. The van der Waals surface area contributed by atoms with Gasteiger partial charge in [0.1, 0.15) is 17.1 Å². The van der Waals surface area contributed by atoms with E-state index in [1.165, 1.54) is 18.1 Å². The van der Waals surface area contributed by atoms with Crippen LogP contribution in [0, 0.1) is 12.7 Å². The average molecular weight is 499 g/mol. The molecule has 2 aromatic carbocycles. The van der Waals surface area contributed by atoms with Crippen molar-refractivity contribution in [3.05, 3.63) is 65.2 Å². The Morgan fingerprint density at radius 3 is 2.03 bits per heavy atom. The van der Waals surface area contributed by atoms with E-state index in [1.807, 2.05) is 58.9 Å². The summed E-state index contributed by atoms with van der Waals surface area (Å²) in [6.45, 7) is 19.1. The lowest BCUT2D eigenvalue weighted by atomic mass is 9.80. The number of nitrogens with zero attached hydrogens (tertiary/aromatic N) is 2. The van der Waals surface area contributed by atoms with Crippen molar-refractivity contribution in [3.8, 4) is 0 Å². The lowest BCUT2D eigenvalue weighted by Crippen LogP contribution is -2.20. The molecule has 0 bridgehead atoms. The Bertz CT molecular complexity index is 1090. The molecule has 0 spiro atoms. The predicted octanol–water partition coefficient (Wildman–Crippen LogP) is 8.43. The Kier molecular flexibility index (Phi) is 12.0. The first-order chi connectivity index (χ1) is 16.9. The number of hydrogen-bond donors (Lipinski definition) is 1. The summed E-state index contributed by atoms with van der Waals surface area (Å²) in [7, 11) is 0. The second-order valence-corrected chi connectivity index (χ2v) is 10.1. The number of aliphatic hydroxyl groups is 1. The van der Waals surface area contributed by atoms with Gasteiger partial charge in [0.15, 0.2) is 5.82 Å². The van der Waals surface area contributed by atoms with E-state index in [-0.39, 0.29) is 17.0 Å². The van der Waals surface area contributed by atoms with Crippen LogP contribution in [0.15, 0.2) is 42.5 Å². The normalized spacial score (nSPS) is 13.3. The number of carbonyl (C=O) groups excluding carboxylic acids is 1. The number of halogens is 1. The quantitative estimate of drug-likeness (QED) is 0.384. The van der Waals surface area contributed by atoms with Crippen LogP contribution in [-0.4, -0.2) is 20.4 Å². The first-order valence-electron chi connectivity index (χ1n) is 13.4. The van der Waals surface area contributed by atoms with Gasteiger partial charge in [-0.2, -0.15) is 0 Å². The maximum atomic E-state index is 14.2. The van der Waals surface area contributed by atoms with E-state index in [0.717, 1.165) is 24.2 Å². The summed E-state index contributed by atoms with van der Waals surface area (Å²) in [5, 5.41) is 10.1. The molecule has 1 N–H and O–H groups in total. The Hall–Kier alpha value is -2.53. The van der Waals surface area contributed by atoms with Gasteiger partial charge in [-0.3, -0.25) is 4.79 Å². The van der Waals surface area contributed by atoms with E-state index in [1.54, 1.807) is 20.8 Å². The molecule has 1 aliphatic rings. The zero-order valence-corrected chi connectivity index (χ0v) is 24.1. The van der Waals surface area contributed by atoms with E-state index in [4.69, 9.17) is 0 Å². The number of Topliss-reactive ketones (excluding diaryl/α,β-unsaturated/α-hetero) is 1. The van der Waals surface area contributed by atoms with Crippen molar-refractivity contribution in [3.63, 3.8) is 0 Å². The third-order valence-electron chi connectivity index (χ3n) is 6.32. The summed E-state index contributed by atoms with van der Waals surface area (Å²) in [6.07, 6.45) is 4.08. The van der Waals surface area contributed by atoms with Gasteiger partial charge in [0.05, 0.1) is 11.1 Å².